The summed E-state index contributed by atoms with van der Waals surface area (Å²) in [6.45, 7) is 6.60. The molecule has 1 aromatic rings. The zero-order valence-electron chi connectivity index (χ0n) is 10.4. The lowest BCUT2D eigenvalue weighted by Crippen LogP contribution is -2.22. The van der Waals surface area contributed by atoms with Crippen LogP contribution in [0.4, 0.5) is 0 Å². The molecule has 0 bridgehead atoms. The van der Waals surface area contributed by atoms with Gasteiger partial charge in [0.2, 0.25) is 5.89 Å². The van der Waals surface area contributed by atoms with Crippen LogP contribution < -0.4 is 5.73 Å². The summed E-state index contributed by atoms with van der Waals surface area (Å²) in [7, 11) is 0. The molecule has 1 fully saturated rings. The zero-order valence-corrected chi connectivity index (χ0v) is 10.4. The maximum atomic E-state index is 5.94. The maximum absolute atomic E-state index is 5.94. The molecule has 0 aromatic carbocycles. The van der Waals surface area contributed by atoms with E-state index in [9.17, 15) is 0 Å². The average molecular weight is 223 g/mol. The summed E-state index contributed by atoms with van der Waals surface area (Å²) < 4.78 is 5.24. The van der Waals surface area contributed by atoms with Crippen LogP contribution in [-0.2, 0) is 6.42 Å². The summed E-state index contributed by atoms with van der Waals surface area (Å²) >= 11 is 0. The monoisotopic (exact) mass is 223 g/mol. The molecule has 1 saturated carbocycles. The Labute approximate surface area is 96.6 Å². The van der Waals surface area contributed by atoms with Gasteiger partial charge in [-0.15, -0.1) is 0 Å². The van der Waals surface area contributed by atoms with Gasteiger partial charge >= 0.3 is 0 Å². The van der Waals surface area contributed by atoms with Crippen LogP contribution in [0.25, 0.3) is 0 Å². The van der Waals surface area contributed by atoms with Gasteiger partial charge in [-0.3, -0.25) is 0 Å². The molecular formula is C12H21N3O. The minimum Gasteiger partial charge on any atom is -0.339 e. The molecule has 4 nitrogen and oxygen atoms in total. The first kappa shape index (κ1) is 11.6. The van der Waals surface area contributed by atoms with E-state index >= 15 is 0 Å². The molecule has 1 aliphatic rings. The van der Waals surface area contributed by atoms with Gasteiger partial charge in [0, 0.05) is 18.4 Å². The van der Waals surface area contributed by atoms with Gasteiger partial charge in [-0.25, -0.2) is 0 Å². The largest absolute Gasteiger partial charge is 0.339 e. The smallest absolute Gasteiger partial charge is 0.228 e. The normalized spacial score (nSPS) is 24.4. The third-order valence-corrected chi connectivity index (χ3v) is 3.41. The van der Waals surface area contributed by atoms with Crippen molar-refractivity contribution in [3.63, 3.8) is 0 Å². The Morgan fingerprint density at radius 1 is 1.56 bits per heavy atom. The molecule has 1 aliphatic carbocycles. The van der Waals surface area contributed by atoms with E-state index in [1.54, 1.807) is 0 Å². The fourth-order valence-electron chi connectivity index (χ4n) is 2.10. The molecule has 2 rings (SSSR count). The molecule has 0 radical (unpaired) electrons. The number of rotatable bonds is 5. The Bertz CT molecular complexity index is 359. The zero-order chi connectivity index (χ0) is 11.8. The molecule has 0 amide bonds. The van der Waals surface area contributed by atoms with Crippen LogP contribution >= 0.6 is 0 Å². The van der Waals surface area contributed by atoms with Gasteiger partial charge in [0.1, 0.15) is 0 Å². The molecule has 2 N–H and O–H groups in total. The number of hydrogen-bond donors (Lipinski definition) is 1. The van der Waals surface area contributed by atoms with Crippen LogP contribution in [0.5, 0.6) is 0 Å². The molecule has 0 aliphatic heterocycles. The van der Waals surface area contributed by atoms with Crippen molar-refractivity contribution in [3.8, 4) is 0 Å². The first-order chi connectivity index (χ1) is 7.53. The lowest BCUT2D eigenvalue weighted by Gasteiger charge is -2.05. The third kappa shape index (κ3) is 2.43. The van der Waals surface area contributed by atoms with E-state index in [-0.39, 0.29) is 6.04 Å². The van der Waals surface area contributed by atoms with Crippen LogP contribution in [0.2, 0.25) is 0 Å². The Morgan fingerprint density at radius 2 is 2.25 bits per heavy atom. The quantitative estimate of drug-likeness (QED) is 0.831. The van der Waals surface area contributed by atoms with Crippen LogP contribution in [0.3, 0.4) is 0 Å². The fourth-order valence-corrected chi connectivity index (χ4v) is 2.10. The summed E-state index contributed by atoms with van der Waals surface area (Å²) in [6.07, 6.45) is 3.96. The highest BCUT2D eigenvalue weighted by molar-refractivity contribution is 5.14. The third-order valence-electron chi connectivity index (χ3n) is 3.41. The summed E-state index contributed by atoms with van der Waals surface area (Å²) in [5.41, 5.74) is 6.30. The van der Waals surface area contributed by atoms with E-state index in [2.05, 4.69) is 30.9 Å². The first-order valence-corrected chi connectivity index (χ1v) is 6.11. The van der Waals surface area contributed by atoms with Gasteiger partial charge in [0.15, 0.2) is 5.82 Å². The van der Waals surface area contributed by atoms with Gasteiger partial charge in [0.25, 0.3) is 0 Å². The first-order valence-electron chi connectivity index (χ1n) is 6.11. The Morgan fingerprint density at radius 3 is 2.81 bits per heavy atom. The number of aromatic nitrogens is 2. The van der Waals surface area contributed by atoms with Crippen molar-refractivity contribution in [1.29, 1.82) is 0 Å². The van der Waals surface area contributed by atoms with Gasteiger partial charge in [-0.1, -0.05) is 32.3 Å². The highest BCUT2D eigenvalue weighted by Gasteiger charge is 2.49. The lowest BCUT2D eigenvalue weighted by molar-refractivity contribution is 0.360. The predicted octanol–water partition coefficient (Wildman–Crippen LogP) is 2.25. The van der Waals surface area contributed by atoms with Crippen molar-refractivity contribution >= 4 is 0 Å². The molecule has 0 saturated heterocycles. The molecule has 4 heteroatoms. The second-order valence-corrected chi connectivity index (χ2v) is 5.54. The number of nitrogens with zero attached hydrogens (tertiary/aromatic N) is 2. The average Bonchev–Trinajstić information content (AvgIpc) is 2.63. The van der Waals surface area contributed by atoms with Gasteiger partial charge in [-0.2, -0.15) is 4.98 Å². The summed E-state index contributed by atoms with van der Waals surface area (Å²) in [4.78, 5) is 4.43. The fraction of sp³-hybridized carbons (Fsp3) is 0.833. The van der Waals surface area contributed by atoms with Crippen LogP contribution in [0.1, 0.15) is 57.7 Å². The van der Waals surface area contributed by atoms with E-state index in [1.165, 1.54) is 0 Å². The van der Waals surface area contributed by atoms with Crippen molar-refractivity contribution in [2.24, 2.45) is 11.1 Å². The Balaban J connectivity index is 1.93. The Kier molecular flexibility index (Phi) is 3.02. The van der Waals surface area contributed by atoms with E-state index in [1.807, 2.05) is 0 Å². The van der Waals surface area contributed by atoms with Crippen LogP contribution in [-0.4, -0.2) is 16.2 Å². The lowest BCUT2D eigenvalue weighted by atomic mass is 10.1. The minimum absolute atomic E-state index is 0.144. The number of hydrogen-bond acceptors (Lipinski definition) is 4. The van der Waals surface area contributed by atoms with E-state index in [0.29, 0.717) is 23.6 Å². The highest BCUT2D eigenvalue weighted by Crippen LogP contribution is 2.57. The van der Waals surface area contributed by atoms with Crippen molar-refractivity contribution in [3.05, 3.63) is 11.7 Å². The second kappa shape index (κ2) is 4.17. The molecule has 90 valence electrons. The number of nitrogens with two attached hydrogens (primary N) is 1. The molecule has 16 heavy (non-hydrogen) atoms. The van der Waals surface area contributed by atoms with Crippen LogP contribution in [0, 0.1) is 5.41 Å². The summed E-state index contributed by atoms with van der Waals surface area (Å²) in [6, 6.07) is 0.144. The molecule has 1 heterocycles. The van der Waals surface area contributed by atoms with Crippen LogP contribution in [0.15, 0.2) is 4.52 Å². The topological polar surface area (TPSA) is 64.9 Å². The molecule has 2 atom stereocenters. The van der Waals surface area contributed by atoms with E-state index in [4.69, 9.17) is 10.3 Å². The summed E-state index contributed by atoms with van der Waals surface area (Å²) in [5, 5.41) is 4.05. The van der Waals surface area contributed by atoms with E-state index < -0.39 is 0 Å². The van der Waals surface area contributed by atoms with Crippen molar-refractivity contribution < 1.29 is 4.52 Å². The molecule has 0 spiro atoms. The predicted molar refractivity (Wildman–Crippen MR) is 62.0 cm³/mol. The molecule has 2 unspecified atom stereocenters. The van der Waals surface area contributed by atoms with Crippen molar-refractivity contribution in [1.82, 2.24) is 10.1 Å². The summed E-state index contributed by atoms with van der Waals surface area (Å²) in [5.74, 6) is 2.04. The maximum Gasteiger partial charge on any atom is 0.228 e. The van der Waals surface area contributed by atoms with E-state index in [0.717, 1.165) is 25.1 Å². The van der Waals surface area contributed by atoms with Gasteiger partial charge < -0.3 is 10.3 Å². The van der Waals surface area contributed by atoms with Crippen molar-refractivity contribution in [2.75, 3.05) is 0 Å². The standard InChI is InChI=1S/C12H21N3O/c1-4-5-8(13)6-10-14-11(15-16-10)9-7-12(9,2)3/h8-9H,4-7,13H2,1-3H3. The molecule has 1 aromatic heterocycles. The Hall–Kier alpha value is -0.900. The highest BCUT2D eigenvalue weighted by atomic mass is 16.5. The minimum atomic E-state index is 0.144. The van der Waals surface area contributed by atoms with Gasteiger partial charge in [-0.05, 0) is 18.3 Å². The van der Waals surface area contributed by atoms with Crippen molar-refractivity contribution in [2.45, 2.75) is 58.4 Å². The SMILES string of the molecule is CCCC(N)Cc1nc(C2CC2(C)C)no1. The van der Waals surface area contributed by atoms with Gasteiger partial charge in [0.05, 0.1) is 0 Å². The molecular weight excluding hydrogens is 202 g/mol. The second-order valence-electron chi connectivity index (χ2n) is 5.54.